The molecular weight excluding hydrogens is 562 g/mol. The lowest BCUT2D eigenvalue weighted by atomic mass is 9.77. The van der Waals surface area contributed by atoms with E-state index in [4.69, 9.17) is 11.2 Å². The SMILES string of the molecule is C#CCOC(=O)Nc1ccc(CN2CC=C(C(O)(c3ccc(C(F)(F)F)cc3)c3ccc(C(F)(F)F)cc3)CC2)cc1. The Morgan fingerprint density at radius 2 is 1.36 bits per heavy atom. The van der Waals surface area contributed by atoms with Crippen LogP contribution in [-0.2, 0) is 29.2 Å². The Balaban J connectivity index is 1.55. The number of rotatable bonds is 7. The summed E-state index contributed by atoms with van der Waals surface area (Å²) in [7, 11) is 0. The van der Waals surface area contributed by atoms with Crippen LogP contribution in [0.3, 0.4) is 0 Å². The van der Waals surface area contributed by atoms with Crippen LogP contribution in [0.2, 0.25) is 0 Å². The van der Waals surface area contributed by atoms with Gasteiger partial charge in [-0.05, 0) is 65.1 Å². The largest absolute Gasteiger partial charge is 0.436 e. The number of benzene rings is 3. The third-order valence-electron chi connectivity index (χ3n) is 6.91. The van der Waals surface area contributed by atoms with Crippen molar-refractivity contribution in [3.8, 4) is 12.3 Å². The first kappa shape index (κ1) is 30.7. The maximum absolute atomic E-state index is 13.2. The summed E-state index contributed by atoms with van der Waals surface area (Å²) in [4.78, 5) is 13.7. The highest BCUT2D eigenvalue weighted by molar-refractivity contribution is 5.84. The molecule has 3 aromatic carbocycles. The summed E-state index contributed by atoms with van der Waals surface area (Å²) in [5.74, 6) is 2.19. The molecule has 1 heterocycles. The van der Waals surface area contributed by atoms with E-state index >= 15 is 0 Å². The van der Waals surface area contributed by atoms with Gasteiger partial charge >= 0.3 is 18.4 Å². The van der Waals surface area contributed by atoms with Crippen LogP contribution in [-0.4, -0.2) is 35.8 Å². The second-order valence-corrected chi connectivity index (χ2v) is 9.68. The highest BCUT2D eigenvalue weighted by Crippen LogP contribution is 2.42. The number of nitrogens with one attached hydrogen (secondary N) is 1. The first-order valence-electron chi connectivity index (χ1n) is 12.8. The number of anilines is 1. The third kappa shape index (κ3) is 7.13. The zero-order valence-corrected chi connectivity index (χ0v) is 22.1. The van der Waals surface area contributed by atoms with Crippen LogP contribution < -0.4 is 5.32 Å². The highest BCUT2D eigenvalue weighted by Gasteiger charge is 2.39. The van der Waals surface area contributed by atoms with Crippen LogP contribution in [0.15, 0.2) is 84.4 Å². The third-order valence-corrected chi connectivity index (χ3v) is 6.91. The van der Waals surface area contributed by atoms with Crippen LogP contribution in [0.1, 0.15) is 34.2 Å². The standard InChI is InChI=1S/C31H26F6N2O3/c1-2-19-42-28(40)38-27-13-3-21(4-14-27)20-39-17-15-24(16-18-39)29(41,22-5-9-25(10-6-22)30(32,33)34)23-7-11-26(12-8-23)31(35,36)37/h1,3-15,41H,16-20H2,(H,38,40). The number of alkyl halides is 6. The van der Waals surface area contributed by atoms with Gasteiger partial charge in [-0.25, -0.2) is 4.79 Å². The molecule has 1 aliphatic heterocycles. The van der Waals surface area contributed by atoms with Gasteiger partial charge in [0.05, 0.1) is 11.1 Å². The molecule has 4 rings (SSSR count). The van der Waals surface area contributed by atoms with E-state index in [1.54, 1.807) is 18.2 Å². The molecule has 0 aliphatic carbocycles. The van der Waals surface area contributed by atoms with Crippen molar-refractivity contribution in [3.63, 3.8) is 0 Å². The number of ether oxygens (including phenoxy) is 1. The van der Waals surface area contributed by atoms with E-state index in [0.29, 0.717) is 37.3 Å². The second-order valence-electron chi connectivity index (χ2n) is 9.68. The topological polar surface area (TPSA) is 61.8 Å². The number of carbonyl (C=O) groups excluding carboxylic acids is 1. The fourth-order valence-corrected chi connectivity index (χ4v) is 4.73. The number of terminal acetylenes is 1. The van der Waals surface area contributed by atoms with Crippen molar-refractivity contribution in [1.29, 1.82) is 0 Å². The maximum atomic E-state index is 13.2. The molecule has 0 fully saturated rings. The van der Waals surface area contributed by atoms with Crippen molar-refractivity contribution in [2.24, 2.45) is 0 Å². The molecule has 1 aliphatic rings. The Morgan fingerprint density at radius 3 is 1.79 bits per heavy atom. The normalized spacial score (nSPS) is 14.6. The fraction of sp³-hybridized carbons (Fsp3) is 0.258. The maximum Gasteiger partial charge on any atom is 0.416 e. The summed E-state index contributed by atoms with van der Waals surface area (Å²) < 4.78 is 83.8. The fourth-order valence-electron chi connectivity index (χ4n) is 4.73. The second kappa shape index (κ2) is 12.3. The molecular formula is C31H26F6N2O3. The average molecular weight is 589 g/mol. The zero-order valence-electron chi connectivity index (χ0n) is 22.1. The highest BCUT2D eigenvalue weighted by atomic mass is 19.4. The Bertz CT molecular complexity index is 1400. The summed E-state index contributed by atoms with van der Waals surface area (Å²) in [6.45, 7) is 1.21. The lowest BCUT2D eigenvalue weighted by Gasteiger charge is -2.37. The number of halogens is 6. The van der Waals surface area contributed by atoms with Crippen LogP contribution in [0.5, 0.6) is 0 Å². The molecule has 42 heavy (non-hydrogen) atoms. The van der Waals surface area contributed by atoms with E-state index in [1.165, 1.54) is 0 Å². The minimum absolute atomic E-state index is 0.110. The van der Waals surface area contributed by atoms with E-state index in [9.17, 15) is 36.2 Å². The Labute approximate surface area is 238 Å². The van der Waals surface area contributed by atoms with E-state index in [1.807, 2.05) is 12.1 Å². The molecule has 0 radical (unpaired) electrons. The minimum atomic E-state index is -4.59. The summed E-state index contributed by atoms with van der Waals surface area (Å²) >= 11 is 0. The monoisotopic (exact) mass is 588 g/mol. The lowest BCUT2D eigenvalue weighted by Crippen LogP contribution is -2.37. The van der Waals surface area contributed by atoms with E-state index in [0.717, 1.165) is 54.1 Å². The molecule has 0 saturated heterocycles. The Hall–Kier alpha value is -4.27. The van der Waals surface area contributed by atoms with Crippen molar-refractivity contribution >= 4 is 11.8 Å². The van der Waals surface area contributed by atoms with Crippen molar-refractivity contribution in [2.45, 2.75) is 30.9 Å². The molecule has 0 aromatic heterocycles. The van der Waals surface area contributed by atoms with Gasteiger partial charge in [0.2, 0.25) is 0 Å². The number of hydrogen-bond donors (Lipinski definition) is 2. The van der Waals surface area contributed by atoms with Gasteiger partial charge in [0.25, 0.3) is 0 Å². The van der Waals surface area contributed by atoms with Gasteiger partial charge in [0.15, 0.2) is 6.61 Å². The zero-order chi connectivity index (χ0) is 30.5. The average Bonchev–Trinajstić information content (AvgIpc) is 2.96. The van der Waals surface area contributed by atoms with Gasteiger partial charge in [-0.1, -0.05) is 48.4 Å². The van der Waals surface area contributed by atoms with E-state index < -0.39 is 35.2 Å². The minimum Gasteiger partial charge on any atom is -0.436 e. The summed E-state index contributed by atoms with van der Waals surface area (Å²) in [6.07, 6.45) is -2.75. The van der Waals surface area contributed by atoms with Crippen LogP contribution >= 0.6 is 0 Å². The molecule has 0 saturated carbocycles. The molecule has 2 N–H and O–H groups in total. The quantitative estimate of drug-likeness (QED) is 0.178. The number of amides is 1. The predicted octanol–water partition coefficient (Wildman–Crippen LogP) is 6.97. The van der Waals surface area contributed by atoms with Gasteiger partial charge in [-0.2, -0.15) is 26.3 Å². The summed E-state index contributed by atoms with van der Waals surface area (Å²) in [5.41, 5.74) is -1.64. The van der Waals surface area contributed by atoms with E-state index in [-0.39, 0.29) is 17.7 Å². The number of nitrogens with zero attached hydrogens (tertiary/aromatic N) is 1. The van der Waals surface area contributed by atoms with Gasteiger partial charge < -0.3 is 9.84 Å². The number of carbonyl (C=O) groups is 1. The first-order valence-corrected chi connectivity index (χ1v) is 12.8. The Morgan fingerprint density at radius 1 is 0.857 bits per heavy atom. The van der Waals surface area contributed by atoms with Crippen LogP contribution in [0.4, 0.5) is 36.8 Å². The first-order chi connectivity index (χ1) is 19.8. The van der Waals surface area contributed by atoms with Crippen molar-refractivity contribution < 1.29 is 41.0 Å². The molecule has 1 amide bonds. The smallest absolute Gasteiger partial charge is 0.416 e. The molecule has 5 nitrogen and oxygen atoms in total. The molecule has 220 valence electrons. The molecule has 0 atom stereocenters. The van der Waals surface area contributed by atoms with Gasteiger partial charge in [0, 0.05) is 25.3 Å². The lowest BCUT2D eigenvalue weighted by molar-refractivity contribution is -0.138. The van der Waals surface area contributed by atoms with Gasteiger partial charge in [0.1, 0.15) is 5.60 Å². The summed E-state index contributed by atoms with van der Waals surface area (Å²) in [5, 5.41) is 14.5. The van der Waals surface area contributed by atoms with Crippen molar-refractivity contribution in [2.75, 3.05) is 25.0 Å². The summed E-state index contributed by atoms with van der Waals surface area (Å²) in [6, 6.07) is 15.0. The van der Waals surface area contributed by atoms with Gasteiger partial charge in [-0.15, -0.1) is 6.42 Å². The van der Waals surface area contributed by atoms with Crippen LogP contribution in [0.25, 0.3) is 0 Å². The van der Waals surface area contributed by atoms with Crippen molar-refractivity contribution in [1.82, 2.24) is 4.90 Å². The molecule has 0 bridgehead atoms. The van der Waals surface area contributed by atoms with Crippen molar-refractivity contribution in [3.05, 3.63) is 112 Å². The number of aliphatic hydroxyl groups is 1. The van der Waals surface area contributed by atoms with Gasteiger partial charge in [-0.3, -0.25) is 10.2 Å². The molecule has 11 heteroatoms. The van der Waals surface area contributed by atoms with E-state index in [2.05, 4.69) is 16.1 Å². The molecule has 0 spiro atoms. The van der Waals surface area contributed by atoms with Crippen LogP contribution in [0, 0.1) is 12.3 Å². The number of hydrogen-bond acceptors (Lipinski definition) is 4. The molecule has 0 unspecified atom stereocenters. The Kier molecular flexibility index (Phi) is 8.99. The predicted molar refractivity (Wildman–Crippen MR) is 144 cm³/mol. The molecule has 3 aromatic rings.